The number of aldehydes is 1. The highest BCUT2D eigenvalue weighted by Gasteiger charge is 2.04. The van der Waals surface area contributed by atoms with E-state index in [2.05, 4.69) is 9.97 Å². The van der Waals surface area contributed by atoms with Crippen LogP contribution in [0.4, 0.5) is 0 Å². The number of hydrogen-bond donors (Lipinski definition) is 1. The number of hydrogen-bond acceptors (Lipinski definition) is 2. The summed E-state index contributed by atoms with van der Waals surface area (Å²) in [6.45, 7) is 1.88. The summed E-state index contributed by atoms with van der Waals surface area (Å²) in [6.07, 6.45) is 4.34. The zero-order valence-electron chi connectivity index (χ0n) is 7.82. The standard InChI is InChI=1S/C11H10N2O/c1-8-10(7-14)5-11(13-8)9-3-2-4-12-6-9/h2-7,13H,1H3. The minimum atomic E-state index is 0.698. The summed E-state index contributed by atoms with van der Waals surface area (Å²) in [6, 6.07) is 5.65. The van der Waals surface area contributed by atoms with Crippen molar-refractivity contribution in [2.24, 2.45) is 0 Å². The number of nitrogens with zero attached hydrogens (tertiary/aromatic N) is 1. The first-order valence-corrected chi connectivity index (χ1v) is 4.36. The van der Waals surface area contributed by atoms with Crippen molar-refractivity contribution in [3.63, 3.8) is 0 Å². The van der Waals surface area contributed by atoms with Crippen LogP contribution in [0.5, 0.6) is 0 Å². The van der Waals surface area contributed by atoms with E-state index in [1.807, 2.05) is 25.1 Å². The molecular formula is C11H10N2O. The molecule has 0 unspecified atom stereocenters. The number of aryl methyl sites for hydroxylation is 1. The van der Waals surface area contributed by atoms with E-state index in [9.17, 15) is 4.79 Å². The molecule has 0 aromatic carbocycles. The van der Waals surface area contributed by atoms with E-state index < -0.39 is 0 Å². The third-order valence-corrected chi connectivity index (χ3v) is 2.15. The molecule has 0 aliphatic rings. The summed E-state index contributed by atoms with van der Waals surface area (Å²) in [5, 5.41) is 0. The number of H-pyrrole nitrogens is 1. The van der Waals surface area contributed by atoms with Crippen LogP contribution < -0.4 is 0 Å². The van der Waals surface area contributed by atoms with Gasteiger partial charge in [-0.2, -0.15) is 0 Å². The molecule has 70 valence electrons. The van der Waals surface area contributed by atoms with Crippen LogP contribution in [-0.4, -0.2) is 16.3 Å². The second-order valence-corrected chi connectivity index (χ2v) is 3.12. The maximum absolute atomic E-state index is 10.6. The lowest BCUT2D eigenvalue weighted by molar-refractivity contribution is 0.112. The molecule has 3 nitrogen and oxygen atoms in total. The van der Waals surface area contributed by atoms with Crippen LogP contribution in [0.15, 0.2) is 30.6 Å². The van der Waals surface area contributed by atoms with Crippen molar-refractivity contribution in [3.8, 4) is 11.3 Å². The molecular weight excluding hydrogens is 176 g/mol. The van der Waals surface area contributed by atoms with E-state index in [1.54, 1.807) is 12.4 Å². The van der Waals surface area contributed by atoms with Gasteiger partial charge in [0, 0.05) is 34.9 Å². The molecule has 0 amide bonds. The highest BCUT2D eigenvalue weighted by molar-refractivity contribution is 5.80. The lowest BCUT2D eigenvalue weighted by atomic mass is 10.2. The lowest BCUT2D eigenvalue weighted by Gasteiger charge is -1.94. The van der Waals surface area contributed by atoms with Gasteiger partial charge < -0.3 is 4.98 Å². The molecule has 2 heterocycles. The van der Waals surface area contributed by atoms with E-state index in [0.717, 1.165) is 23.2 Å². The monoisotopic (exact) mass is 186 g/mol. The SMILES string of the molecule is Cc1[nH]c(-c2cccnc2)cc1C=O. The number of carbonyl (C=O) groups excluding carboxylic acids is 1. The van der Waals surface area contributed by atoms with E-state index >= 15 is 0 Å². The average molecular weight is 186 g/mol. The Hall–Kier alpha value is -1.90. The van der Waals surface area contributed by atoms with Crippen LogP contribution >= 0.6 is 0 Å². The maximum atomic E-state index is 10.6. The van der Waals surface area contributed by atoms with E-state index in [4.69, 9.17) is 0 Å². The van der Waals surface area contributed by atoms with Crippen molar-refractivity contribution in [1.29, 1.82) is 0 Å². The maximum Gasteiger partial charge on any atom is 0.151 e. The third-order valence-electron chi connectivity index (χ3n) is 2.15. The molecule has 0 saturated carbocycles. The smallest absolute Gasteiger partial charge is 0.151 e. The van der Waals surface area contributed by atoms with Crippen LogP contribution in [0.1, 0.15) is 16.1 Å². The molecule has 0 fully saturated rings. The largest absolute Gasteiger partial charge is 0.358 e. The van der Waals surface area contributed by atoms with Gasteiger partial charge in [-0.1, -0.05) is 0 Å². The van der Waals surface area contributed by atoms with Crippen LogP contribution in [-0.2, 0) is 0 Å². The van der Waals surface area contributed by atoms with Crippen LogP contribution in [0.25, 0.3) is 11.3 Å². The molecule has 0 aliphatic heterocycles. The second kappa shape index (κ2) is 3.46. The van der Waals surface area contributed by atoms with Gasteiger partial charge in [0.25, 0.3) is 0 Å². The van der Waals surface area contributed by atoms with Crippen molar-refractivity contribution in [2.75, 3.05) is 0 Å². The third kappa shape index (κ3) is 1.44. The van der Waals surface area contributed by atoms with Crippen molar-refractivity contribution < 1.29 is 4.79 Å². The minimum absolute atomic E-state index is 0.698. The fourth-order valence-corrected chi connectivity index (χ4v) is 1.37. The van der Waals surface area contributed by atoms with E-state index in [1.165, 1.54) is 0 Å². The zero-order chi connectivity index (χ0) is 9.97. The molecule has 3 heteroatoms. The molecule has 2 rings (SSSR count). The number of aromatic amines is 1. The number of aromatic nitrogens is 2. The molecule has 0 atom stereocenters. The van der Waals surface area contributed by atoms with Gasteiger partial charge in [-0.3, -0.25) is 9.78 Å². The van der Waals surface area contributed by atoms with Gasteiger partial charge in [-0.05, 0) is 25.1 Å². The van der Waals surface area contributed by atoms with Gasteiger partial charge in [0.15, 0.2) is 6.29 Å². The summed E-state index contributed by atoms with van der Waals surface area (Å²) in [5.41, 5.74) is 3.50. The van der Waals surface area contributed by atoms with Crippen molar-refractivity contribution >= 4 is 6.29 Å². The zero-order valence-corrected chi connectivity index (χ0v) is 7.82. The Morgan fingerprint density at radius 3 is 2.93 bits per heavy atom. The van der Waals surface area contributed by atoms with Gasteiger partial charge in [0.1, 0.15) is 0 Å². The Kier molecular flexibility index (Phi) is 2.14. The summed E-state index contributed by atoms with van der Waals surface area (Å²) < 4.78 is 0. The number of nitrogens with one attached hydrogen (secondary N) is 1. The first-order chi connectivity index (χ1) is 6.81. The molecule has 14 heavy (non-hydrogen) atoms. The Balaban J connectivity index is 2.48. The topological polar surface area (TPSA) is 45.8 Å². The number of pyridine rings is 1. The highest BCUT2D eigenvalue weighted by atomic mass is 16.1. The van der Waals surface area contributed by atoms with Crippen molar-refractivity contribution in [3.05, 3.63) is 41.9 Å². The van der Waals surface area contributed by atoms with Crippen LogP contribution in [0.3, 0.4) is 0 Å². The quantitative estimate of drug-likeness (QED) is 0.731. The van der Waals surface area contributed by atoms with Gasteiger partial charge in [0.2, 0.25) is 0 Å². The second-order valence-electron chi connectivity index (χ2n) is 3.12. The number of rotatable bonds is 2. The van der Waals surface area contributed by atoms with Gasteiger partial charge in [0.05, 0.1) is 0 Å². The molecule has 0 radical (unpaired) electrons. The molecule has 0 bridgehead atoms. The van der Waals surface area contributed by atoms with Crippen molar-refractivity contribution in [1.82, 2.24) is 9.97 Å². The average Bonchev–Trinajstić information content (AvgIpc) is 2.61. The Bertz CT molecular complexity index is 446. The summed E-state index contributed by atoms with van der Waals surface area (Å²) in [5.74, 6) is 0. The molecule has 0 aliphatic carbocycles. The Morgan fingerprint density at radius 1 is 1.50 bits per heavy atom. The van der Waals surface area contributed by atoms with E-state index in [-0.39, 0.29) is 0 Å². The summed E-state index contributed by atoms with van der Waals surface area (Å²) >= 11 is 0. The van der Waals surface area contributed by atoms with Gasteiger partial charge in [-0.25, -0.2) is 0 Å². The van der Waals surface area contributed by atoms with Crippen LogP contribution in [0, 0.1) is 6.92 Å². The molecule has 0 saturated heterocycles. The first-order valence-electron chi connectivity index (χ1n) is 4.36. The Morgan fingerprint density at radius 2 is 2.36 bits per heavy atom. The lowest BCUT2D eigenvalue weighted by Crippen LogP contribution is -1.79. The van der Waals surface area contributed by atoms with E-state index in [0.29, 0.717) is 5.56 Å². The van der Waals surface area contributed by atoms with Gasteiger partial charge >= 0.3 is 0 Å². The molecule has 0 spiro atoms. The van der Waals surface area contributed by atoms with Crippen LogP contribution in [0.2, 0.25) is 0 Å². The normalized spacial score (nSPS) is 10.1. The Labute approximate surface area is 81.8 Å². The fourth-order valence-electron chi connectivity index (χ4n) is 1.37. The predicted octanol–water partition coefficient (Wildman–Crippen LogP) is 2.20. The summed E-state index contributed by atoms with van der Waals surface area (Å²) in [4.78, 5) is 17.8. The fraction of sp³-hybridized carbons (Fsp3) is 0.0909. The minimum Gasteiger partial charge on any atom is -0.358 e. The number of carbonyl (C=O) groups is 1. The van der Waals surface area contributed by atoms with Crippen molar-refractivity contribution in [2.45, 2.75) is 6.92 Å². The molecule has 2 aromatic heterocycles. The first kappa shape index (κ1) is 8.69. The summed E-state index contributed by atoms with van der Waals surface area (Å²) in [7, 11) is 0. The molecule has 2 aromatic rings. The molecule has 1 N–H and O–H groups in total. The van der Waals surface area contributed by atoms with Gasteiger partial charge in [-0.15, -0.1) is 0 Å². The highest BCUT2D eigenvalue weighted by Crippen LogP contribution is 2.19. The predicted molar refractivity (Wildman–Crippen MR) is 54.1 cm³/mol.